The summed E-state index contributed by atoms with van der Waals surface area (Å²) in [6, 6.07) is 7.27. The van der Waals surface area contributed by atoms with Crippen LogP contribution in [0.2, 0.25) is 0 Å². The molecule has 0 fully saturated rings. The van der Waals surface area contributed by atoms with E-state index in [2.05, 4.69) is 5.32 Å². The number of hydrogen-bond acceptors (Lipinski definition) is 5. The normalized spacial score (nSPS) is 10.8. The highest BCUT2D eigenvalue weighted by molar-refractivity contribution is 5.69. The van der Waals surface area contributed by atoms with Gasteiger partial charge in [-0.05, 0) is 11.1 Å². The van der Waals surface area contributed by atoms with Gasteiger partial charge in [0.15, 0.2) is 0 Å². The fourth-order valence-electron chi connectivity index (χ4n) is 1.94. The van der Waals surface area contributed by atoms with Crippen LogP contribution in [-0.2, 0) is 22.7 Å². The molecule has 0 aliphatic heterocycles. The van der Waals surface area contributed by atoms with Gasteiger partial charge in [-0.1, -0.05) is 24.3 Å². The summed E-state index contributed by atoms with van der Waals surface area (Å²) in [6.45, 7) is 0.759. The second-order valence-electron chi connectivity index (χ2n) is 4.60. The number of hydrogen-bond donors (Lipinski definition) is 4. The van der Waals surface area contributed by atoms with Crippen LogP contribution in [0, 0.1) is 0 Å². The predicted octanol–water partition coefficient (Wildman–Crippen LogP) is -0.260. The van der Waals surface area contributed by atoms with E-state index in [4.69, 9.17) is 10.2 Å². The minimum absolute atomic E-state index is 0.103. The van der Waals surface area contributed by atoms with E-state index in [1.54, 1.807) is 11.0 Å². The molecule has 1 aromatic carbocycles. The number of aliphatic hydroxyl groups is 1. The summed E-state index contributed by atoms with van der Waals surface area (Å²) in [4.78, 5) is 23.0. The van der Waals surface area contributed by atoms with Crippen molar-refractivity contribution in [2.45, 2.75) is 13.2 Å². The van der Waals surface area contributed by atoms with E-state index < -0.39 is 11.9 Å². The summed E-state index contributed by atoms with van der Waals surface area (Å²) < 4.78 is 0. The molecule has 0 aromatic heterocycles. The molecule has 0 amide bonds. The van der Waals surface area contributed by atoms with Crippen molar-refractivity contribution in [2.24, 2.45) is 0 Å². The van der Waals surface area contributed by atoms with Crippen LogP contribution in [0.4, 0.5) is 0 Å². The van der Waals surface area contributed by atoms with Crippen molar-refractivity contribution in [3.05, 3.63) is 35.4 Å². The molecule has 0 radical (unpaired) electrons. The second kappa shape index (κ2) is 9.06. The van der Waals surface area contributed by atoms with Crippen molar-refractivity contribution in [3.63, 3.8) is 0 Å². The lowest BCUT2D eigenvalue weighted by Gasteiger charge is -2.21. The number of carbonyl (C=O) groups is 2. The molecule has 1 aromatic rings. The highest BCUT2D eigenvalue weighted by atomic mass is 16.4. The molecule has 0 saturated carbocycles. The first-order valence-corrected chi connectivity index (χ1v) is 6.57. The molecule has 0 bridgehead atoms. The minimum atomic E-state index is -0.953. The second-order valence-corrected chi connectivity index (χ2v) is 4.60. The quantitative estimate of drug-likeness (QED) is 0.440. The largest absolute Gasteiger partial charge is 0.480 e. The maximum Gasteiger partial charge on any atom is 0.317 e. The van der Waals surface area contributed by atoms with Crippen molar-refractivity contribution in [2.75, 3.05) is 26.2 Å². The van der Waals surface area contributed by atoms with Crippen molar-refractivity contribution < 1.29 is 24.9 Å². The molecule has 0 aliphatic rings. The maximum absolute atomic E-state index is 10.9. The minimum Gasteiger partial charge on any atom is -0.480 e. The topological polar surface area (TPSA) is 110 Å². The van der Waals surface area contributed by atoms with Crippen molar-refractivity contribution in [3.8, 4) is 0 Å². The van der Waals surface area contributed by atoms with Gasteiger partial charge in [-0.3, -0.25) is 14.5 Å². The van der Waals surface area contributed by atoms with E-state index in [1.807, 2.05) is 18.2 Å². The number of carboxylic acids is 2. The van der Waals surface area contributed by atoms with Crippen LogP contribution in [0.25, 0.3) is 0 Å². The smallest absolute Gasteiger partial charge is 0.317 e. The third-order valence-corrected chi connectivity index (χ3v) is 2.92. The third-order valence-electron chi connectivity index (χ3n) is 2.92. The van der Waals surface area contributed by atoms with Gasteiger partial charge in [0.2, 0.25) is 0 Å². The molecule has 0 spiro atoms. The molecule has 0 aliphatic carbocycles. The summed E-state index contributed by atoms with van der Waals surface area (Å²) in [6.07, 6.45) is 0. The van der Waals surface area contributed by atoms with E-state index in [0.29, 0.717) is 19.6 Å². The van der Waals surface area contributed by atoms with Crippen LogP contribution in [0.5, 0.6) is 0 Å². The zero-order valence-electron chi connectivity index (χ0n) is 11.7. The van der Waals surface area contributed by atoms with Crippen LogP contribution >= 0.6 is 0 Å². The van der Waals surface area contributed by atoms with Gasteiger partial charge in [-0.25, -0.2) is 0 Å². The van der Waals surface area contributed by atoms with Gasteiger partial charge in [-0.15, -0.1) is 0 Å². The number of aliphatic hydroxyl groups excluding tert-OH is 1. The standard InChI is InChI=1S/C14H20N2O5/c17-10-12-4-2-1-3-11(12)8-16(9-14(20)21)6-5-15-7-13(18)19/h1-4,15,17H,5-10H2,(H,18,19)(H,20,21). The van der Waals surface area contributed by atoms with Crippen LogP contribution in [-0.4, -0.2) is 58.3 Å². The summed E-state index contributed by atoms with van der Waals surface area (Å²) >= 11 is 0. The Hall–Kier alpha value is -1.96. The Morgan fingerprint density at radius 3 is 2.33 bits per heavy atom. The maximum atomic E-state index is 10.9. The van der Waals surface area contributed by atoms with Crippen LogP contribution in [0.3, 0.4) is 0 Å². The van der Waals surface area contributed by atoms with Gasteiger partial charge in [0.1, 0.15) is 0 Å². The van der Waals surface area contributed by atoms with Gasteiger partial charge in [-0.2, -0.15) is 0 Å². The fourth-order valence-corrected chi connectivity index (χ4v) is 1.94. The van der Waals surface area contributed by atoms with Gasteiger partial charge in [0, 0.05) is 19.6 Å². The first kappa shape index (κ1) is 17.1. The van der Waals surface area contributed by atoms with Crippen molar-refractivity contribution in [1.29, 1.82) is 0 Å². The van der Waals surface area contributed by atoms with E-state index in [9.17, 15) is 14.7 Å². The van der Waals surface area contributed by atoms with Gasteiger partial charge >= 0.3 is 11.9 Å². The molecule has 0 saturated heterocycles. The number of aliphatic carboxylic acids is 2. The Labute approximate surface area is 122 Å². The molecule has 7 heteroatoms. The highest BCUT2D eigenvalue weighted by Gasteiger charge is 2.12. The summed E-state index contributed by atoms with van der Waals surface area (Å²) in [5.74, 6) is -1.90. The van der Waals surface area contributed by atoms with Gasteiger partial charge in [0.05, 0.1) is 19.7 Å². The fraction of sp³-hybridized carbons (Fsp3) is 0.429. The Balaban J connectivity index is 2.60. The summed E-state index contributed by atoms with van der Waals surface area (Å²) in [5, 5.41) is 29.5. The van der Waals surface area contributed by atoms with Crippen LogP contribution in [0.1, 0.15) is 11.1 Å². The average molecular weight is 296 g/mol. The molecule has 116 valence electrons. The summed E-state index contributed by atoms with van der Waals surface area (Å²) in [5.41, 5.74) is 1.62. The lowest BCUT2D eigenvalue weighted by molar-refractivity contribution is -0.139. The molecule has 4 N–H and O–H groups in total. The number of rotatable bonds is 10. The van der Waals surface area contributed by atoms with E-state index in [1.165, 1.54) is 0 Å². The number of nitrogens with zero attached hydrogens (tertiary/aromatic N) is 1. The molecule has 21 heavy (non-hydrogen) atoms. The molecule has 0 heterocycles. The SMILES string of the molecule is O=C(O)CNCCN(CC(=O)O)Cc1ccccc1CO. The predicted molar refractivity (Wildman–Crippen MR) is 75.8 cm³/mol. The Morgan fingerprint density at radius 2 is 1.76 bits per heavy atom. The number of nitrogens with one attached hydrogen (secondary N) is 1. The van der Waals surface area contributed by atoms with E-state index >= 15 is 0 Å². The zero-order chi connectivity index (χ0) is 15.7. The molecular formula is C14H20N2O5. The van der Waals surface area contributed by atoms with E-state index in [0.717, 1.165) is 11.1 Å². The molecule has 0 atom stereocenters. The summed E-state index contributed by atoms with van der Waals surface area (Å²) in [7, 11) is 0. The van der Waals surface area contributed by atoms with Gasteiger partial charge < -0.3 is 20.6 Å². The first-order chi connectivity index (χ1) is 10.0. The van der Waals surface area contributed by atoms with Crippen LogP contribution in [0.15, 0.2) is 24.3 Å². The zero-order valence-corrected chi connectivity index (χ0v) is 11.7. The monoisotopic (exact) mass is 296 g/mol. The third kappa shape index (κ3) is 6.84. The van der Waals surface area contributed by atoms with Crippen molar-refractivity contribution >= 4 is 11.9 Å². The Morgan fingerprint density at radius 1 is 1.10 bits per heavy atom. The number of carboxylic acid groups (broad SMARTS) is 2. The lowest BCUT2D eigenvalue weighted by Crippen LogP contribution is -2.37. The van der Waals surface area contributed by atoms with E-state index in [-0.39, 0.29) is 19.7 Å². The van der Waals surface area contributed by atoms with Gasteiger partial charge in [0.25, 0.3) is 0 Å². The van der Waals surface area contributed by atoms with Crippen molar-refractivity contribution in [1.82, 2.24) is 10.2 Å². The number of benzene rings is 1. The Bertz CT molecular complexity index is 478. The average Bonchev–Trinajstić information content (AvgIpc) is 2.43. The first-order valence-electron chi connectivity index (χ1n) is 6.57. The molecule has 1 rings (SSSR count). The highest BCUT2D eigenvalue weighted by Crippen LogP contribution is 2.11. The molecule has 0 unspecified atom stereocenters. The van der Waals surface area contributed by atoms with Crippen LogP contribution < -0.4 is 5.32 Å². The lowest BCUT2D eigenvalue weighted by atomic mass is 10.1. The Kier molecular flexibility index (Phi) is 7.38. The molecule has 7 nitrogen and oxygen atoms in total. The molecular weight excluding hydrogens is 276 g/mol.